The van der Waals surface area contributed by atoms with E-state index in [0.29, 0.717) is 5.56 Å². The van der Waals surface area contributed by atoms with E-state index in [4.69, 9.17) is 0 Å². The molecule has 0 spiro atoms. The summed E-state index contributed by atoms with van der Waals surface area (Å²) in [6.07, 6.45) is -3.31. The first-order valence-electron chi connectivity index (χ1n) is 6.59. The number of carbonyl (C=O) groups excluding carboxylic acids is 2. The molecule has 0 bridgehead atoms. The summed E-state index contributed by atoms with van der Waals surface area (Å²) in [7, 11) is 0. The normalized spacial score (nSPS) is 11.5. The molecule has 24 heavy (non-hydrogen) atoms. The van der Waals surface area contributed by atoms with E-state index in [2.05, 4.69) is 10.5 Å². The maximum atomic E-state index is 12.6. The number of hydrazone groups is 1. The number of carbonyl (C=O) groups is 2. The van der Waals surface area contributed by atoms with Crippen LogP contribution in [-0.2, 0) is 6.18 Å². The summed E-state index contributed by atoms with van der Waals surface area (Å²) in [5, 5.41) is 14.2. The fourth-order valence-electron chi connectivity index (χ4n) is 1.77. The molecule has 0 aromatic heterocycles. The summed E-state index contributed by atoms with van der Waals surface area (Å²) in [5.74, 6) is -2.12. The van der Waals surface area contributed by atoms with Gasteiger partial charge in [0.15, 0.2) is 0 Å². The van der Waals surface area contributed by atoms with Gasteiger partial charge in [0.1, 0.15) is 0 Å². The monoisotopic (exact) mass is 335 g/mol. The van der Waals surface area contributed by atoms with Gasteiger partial charge < -0.3 is 9.90 Å². The lowest BCUT2D eigenvalue weighted by atomic mass is 10.1. The number of hydrogen-bond donors (Lipinski definition) is 1. The van der Waals surface area contributed by atoms with Crippen molar-refractivity contribution in [2.75, 3.05) is 0 Å². The van der Waals surface area contributed by atoms with E-state index in [1.165, 1.54) is 36.5 Å². The van der Waals surface area contributed by atoms with Gasteiger partial charge in [-0.3, -0.25) is 4.79 Å². The SMILES string of the molecule is O=C([O-])c1ccc(/C=N\NC(=O)c2cccc(C(F)(F)F)c2)cc1. The third-order valence-corrected chi connectivity index (χ3v) is 2.98. The topological polar surface area (TPSA) is 81.6 Å². The van der Waals surface area contributed by atoms with Gasteiger partial charge in [-0.15, -0.1) is 0 Å². The zero-order valence-corrected chi connectivity index (χ0v) is 12.0. The van der Waals surface area contributed by atoms with E-state index < -0.39 is 23.6 Å². The molecule has 2 aromatic rings. The molecule has 2 aromatic carbocycles. The Kier molecular flexibility index (Phi) is 4.98. The molecule has 0 aliphatic rings. The van der Waals surface area contributed by atoms with Crippen LogP contribution in [0.4, 0.5) is 13.2 Å². The fraction of sp³-hybridized carbons (Fsp3) is 0.0625. The first kappa shape index (κ1) is 17.2. The Balaban J connectivity index is 2.04. The van der Waals surface area contributed by atoms with E-state index >= 15 is 0 Å². The van der Waals surface area contributed by atoms with Crippen molar-refractivity contribution in [3.63, 3.8) is 0 Å². The Morgan fingerprint density at radius 1 is 1.04 bits per heavy atom. The molecule has 1 amide bonds. The van der Waals surface area contributed by atoms with E-state index in [1.54, 1.807) is 0 Å². The summed E-state index contributed by atoms with van der Waals surface area (Å²) >= 11 is 0. The molecule has 0 aliphatic heterocycles. The van der Waals surface area contributed by atoms with Crippen molar-refractivity contribution in [2.24, 2.45) is 5.10 Å². The minimum Gasteiger partial charge on any atom is -0.545 e. The lowest BCUT2D eigenvalue weighted by molar-refractivity contribution is -0.255. The van der Waals surface area contributed by atoms with Crippen LogP contribution < -0.4 is 10.5 Å². The highest BCUT2D eigenvalue weighted by Crippen LogP contribution is 2.29. The highest BCUT2D eigenvalue weighted by Gasteiger charge is 2.30. The fourth-order valence-corrected chi connectivity index (χ4v) is 1.77. The van der Waals surface area contributed by atoms with Gasteiger partial charge in [-0.05, 0) is 29.3 Å². The maximum absolute atomic E-state index is 12.6. The Bertz CT molecular complexity index is 784. The number of hydrogen-bond acceptors (Lipinski definition) is 4. The quantitative estimate of drug-likeness (QED) is 0.684. The number of benzene rings is 2. The van der Waals surface area contributed by atoms with Crippen LogP contribution >= 0.6 is 0 Å². The number of carboxylic acid groups (broad SMARTS) is 1. The molecule has 5 nitrogen and oxygen atoms in total. The van der Waals surface area contributed by atoms with Crippen molar-refractivity contribution in [3.8, 4) is 0 Å². The average Bonchev–Trinajstić information content (AvgIpc) is 2.54. The zero-order valence-electron chi connectivity index (χ0n) is 12.0. The molecular formula is C16H10F3N2O3-. The Labute approximate surface area is 134 Å². The average molecular weight is 335 g/mol. The van der Waals surface area contributed by atoms with Gasteiger partial charge in [-0.1, -0.05) is 30.3 Å². The number of nitrogens with one attached hydrogen (secondary N) is 1. The lowest BCUT2D eigenvalue weighted by Gasteiger charge is -2.07. The third-order valence-electron chi connectivity index (χ3n) is 2.98. The molecule has 8 heteroatoms. The van der Waals surface area contributed by atoms with Crippen molar-refractivity contribution in [1.82, 2.24) is 5.43 Å². The van der Waals surface area contributed by atoms with Crippen molar-refractivity contribution in [1.29, 1.82) is 0 Å². The number of rotatable bonds is 4. The standard InChI is InChI=1S/C16H11F3N2O3/c17-16(18,19)13-3-1-2-12(8-13)14(22)21-20-9-10-4-6-11(7-5-10)15(23)24/h1-9H,(H,21,22)(H,23,24)/p-1/b20-9-. The Morgan fingerprint density at radius 2 is 1.71 bits per heavy atom. The van der Waals surface area contributed by atoms with Crippen LogP contribution in [-0.4, -0.2) is 18.1 Å². The molecule has 0 radical (unpaired) electrons. The zero-order chi connectivity index (χ0) is 17.7. The predicted octanol–water partition coefficient (Wildman–Crippen LogP) is 1.83. The van der Waals surface area contributed by atoms with Crippen LogP contribution in [0.1, 0.15) is 31.8 Å². The van der Waals surface area contributed by atoms with Gasteiger partial charge in [0.2, 0.25) is 0 Å². The van der Waals surface area contributed by atoms with Gasteiger partial charge in [0, 0.05) is 5.56 Å². The van der Waals surface area contributed by atoms with E-state index in [9.17, 15) is 27.9 Å². The minimum atomic E-state index is -4.54. The molecule has 1 N–H and O–H groups in total. The summed E-state index contributed by atoms with van der Waals surface area (Å²) in [5.41, 5.74) is 1.46. The number of nitrogens with zero attached hydrogens (tertiary/aromatic N) is 1. The highest BCUT2D eigenvalue weighted by atomic mass is 19.4. The molecule has 2 rings (SSSR count). The van der Waals surface area contributed by atoms with Crippen LogP contribution in [0.5, 0.6) is 0 Å². The van der Waals surface area contributed by atoms with Crippen molar-refractivity contribution < 1.29 is 27.9 Å². The maximum Gasteiger partial charge on any atom is 0.416 e. The first-order chi connectivity index (χ1) is 11.3. The van der Waals surface area contributed by atoms with Crippen LogP contribution in [0.2, 0.25) is 0 Å². The Morgan fingerprint density at radius 3 is 2.29 bits per heavy atom. The van der Waals surface area contributed by atoms with Crippen molar-refractivity contribution in [3.05, 3.63) is 70.8 Å². The summed E-state index contributed by atoms with van der Waals surface area (Å²) in [4.78, 5) is 22.4. The summed E-state index contributed by atoms with van der Waals surface area (Å²) in [6.45, 7) is 0. The van der Waals surface area contributed by atoms with Gasteiger partial charge in [-0.25, -0.2) is 5.43 Å². The van der Waals surface area contributed by atoms with Crippen LogP contribution in [0.15, 0.2) is 53.6 Å². The molecule has 0 heterocycles. The number of aromatic carboxylic acids is 1. The molecule has 0 unspecified atom stereocenters. The molecule has 0 aliphatic carbocycles. The van der Waals surface area contributed by atoms with Crippen molar-refractivity contribution >= 4 is 18.1 Å². The largest absolute Gasteiger partial charge is 0.545 e. The molecule has 124 valence electrons. The number of halogens is 3. The van der Waals surface area contributed by atoms with E-state index in [1.807, 2.05) is 0 Å². The first-order valence-corrected chi connectivity index (χ1v) is 6.59. The van der Waals surface area contributed by atoms with E-state index in [0.717, 1.165) is 18.2 Å². The van der Waals surface area contributed by atoms with Gasteiger partial charge >= 0.3 is 6.18 Å². The second-order valence-electron chi connectivity index (χ2n) is 4.69. The van der Waals surface area contributed by atoms with Crippen LogP contribution in [0.25, 0.3) is 0 Å². The summed E-state index contributed by atoms with van der Waals surface area (Å²) < 4.78 is 37.8. The third kappa shape index (κ3) is 4.42. The van der Waals surface area contributed by atoms with Gasteiger partial charge in [0.25, 0.3) is 5.91 Å². The predicted molar refractivity (Wildman–Crippen MR) is 77.3 cm³/mol. The minimum absolute atomic E-state index is 0.0137. The van der Waals surface area contributed by atoms with Crippen LogP contribution in [0.3, 0.4) is 0 Å². The van der Waals surface area contributed by atoms with Crippen molar-refractivity contribution in [2.45, 2.75) is 6.18 Å². The lowest BCUT2D eigenvalue weighted by Crippen LogP contribution is -2.22. The number of carboxylic acids is 1. The molecule has 0 saturated carbocycles. The molecule has 0 saturated heterocycles. The van der Waals surface area contributed by atoms with E-state index in [-0.39, 0.29) is 11.1 Å². The molecular weight excluding hydrogens is 325 g/mol. The second-order valence-corrected chi connectivity index (χ2v) is 4.69. The number of amides is 1. The highest BCUT2D eigenvalue weighted by molar-refractivity contribution is 5.95. The second kappa shape index (κ2) is 6.95. The Hall–Kier alpha value is -3.16. The van der Waals surface area contributed by atoms with Gasteiger partial charge in [0.05, 0.1) is 17.7 Å². The van der Waals surface area contributed by atoms with Gasteiger partial charge in [-0.2, -0.15) is 18.3 Å². The molecule has 0 fully saturated rings. The van der Waals surface area contributed by atoms with Crippen LogP contribution in [0, 0.1) is 0 Å². The molecule has 0 atom stereocenters. The summed E-state index contributed by atoms with van der Waals surface area (Å²) in [6, 6.07) is 9.40. The smallest absolute Gasteiger partial charge is 0.416 e. The number of alkyl halides is 3.